The van der Waals surface area contributed by atoms with Gasteiger partial charge in [0.25, 0.3) is 0 Å². The van der Waals surface area contributed by atoms with Gasteiger partial charge in [-0.1, -0.05) is 64.4 Å². The van der Waals surface area contributed by atoms with Gasteiger partial charge in [0.15, 0.2) is 0 Å². The molecule has 0 heterocycles. The van der Waals surface area contributed by atoms with Gasteiger partial charge in [0.05, 0.1) is 0 Å². The van der Waals surface area contributed by atoms with E-state index in [1.54, 1.807) is 6.08 Å². The third-order valence-electron chi connectivity index (χ3n) is 5.47. The van der Waals surface area contributed by atoms with Gasteiger partial charge in [-0.2, -0.15) is 0 Å². The van der Waals surface area contributed by atoms with Crippen LogP contribution in [0.4, 0.5) is 0 Å². The van der Waals surface area contributed by atoms with Gasteiger partial charge < -0.3 is 4.74 Å². The number of hydrogen-bond acceptors (Lipinski definition) is 2. The highest BCUT2D eigenvalue weighted by Gasteiger charge is 2.49. The van der Waals surface area contributed by atoms with Gasteiger partial charge in [0.1, 0.15) is 6.10 Å². The smallest absolute Gasteiger partial charge is 0.331 e. The summed E-state index contributed by atoms with van der Waals surface area (Å²) < 4.78 is 5.82. The molecule has 120 valence electrons. The molecule has 0 N–H and O–H groups in total. The third kappa shape index (κ3) is 3.60. The summed E-state index contributed by atoms with van der Waals surface area (Å²) in [4.78, 5) is 12.2. The van der Waals surface area contributed by atoms with Crippen molar-refractivity contribution in [3.8, 4) is 0 Å². The van der Waals surface area contributed by atoms with Crippen molar-refractivity contribution in [3.05, 3.63) is 42.0 Å². The fourth-order valence-corrected chi connectivity index (χ4v) is 3.77. The van der Waals surface area contributed by atoms with Gasteiger partial charge in [-0.3, -0.25) is 0 Å². The van der Waals surface area contributed by atoms with E-state index < -0.39 is 0 Å². The van der Waals surface area contributed by atoms with Crippen molar-refractivity contribution in [1.82, 2.24) is 0 Å². The summed E-state index contributed by atoms with van der Waals surface area (Å²) in [5.74, 6) is 0.966. The highest BCUT2D eigenvalue weighted by Crippen LogP contribution is 2.50. The molecule has 1 aliphatic rings. The molecule has 0 spiro atoms. The van der Waals surface area contributed by atoms with Gasteiger partial charge >= 0.3 is 5.97 Å². The van der Waals surface area contributed by atoms with Crippen LogP contribution in [0.25, 0.3) is 6.08 Å². The van der Waals surface area contributed by atoms with E-state index in [2.05, 4.69) is 27.7 Å². The lowest BCUT2D eigenvalue weighted by molar-refractivity contribution is -0.149. The predicted molar refractivity (Wildman–Crippen MR) is 91.3 cm³/mol. The highest BCUT2D eigenvalue weighted by molar-refractivity contribution is 5.87. The Labute approximate surface area is 134 Å². The summed E-state index contributed by atoms with van der Waals surface area (Å²) in [7, 11) is 0. The van der Waals surface area contributed by atoms with Crippen LogP contribution in [0.2, 0.25) is 0 Å². The molecule has 0 radical (unpaired) electrons. The Morgan fingerprint density at radius 1 is 1.32 bits per heavy atom. The maximum atomic E-state index is 12.2. The average Bonchev–Trinajstić information content (AvgIpc) is 2.71. The van der Waals surface area contributed by atoms with Crippen molar-refractivity contribution < 1.29 is 9.53 Å². The Balaban J connectivity index is 2.02. The molecule has 0 bridgehead atoms. The molecule has 1 aromatic carbocycles. The molecule has 4 unspecified atom stereocenters. The van der Waals surface area contributed by atoms with Crippen LogP contribution in [0.3, 0.4) is 0 Å². The number of carbonyl (C=O) groups is 1. The summed E-state index contributed by atoms with van der Waals surface area (Å²) >= 11 is 0. The molecule has 1 aromatic rings. The lowest BCUT2D eigenvalue weighted by atomic mass is 9.74. The second-order valence-electron chi connectivity index (χ2n) is 6.93. The lowest BCUT2D eigenvalue weighted by Gasteiger charge is -2.35. The maximum absolute atomic E-state index is 12.2. The van der Waals surface area contributed by atoms with Gasteiger partial charge in [0, 0.05) is 11.5 Å². The van der Waals surface area contributed by atoms with Crippen LogP contribution < -0.4 is 0 Å². The number of benzene rings is 1. The first-order valence-electron chi connectivity index (χ1n) is 8.41. The van der Waals surface area contributed by atoms with E-state index in [4.69, 9.17) is 4.74 Å². The first-order chi connectivity index (χ1) is 10.5. The van der Waals surface area contributed by atoms with Crippen molar-refractivity contribution in [2.75, 3.05) is 0 Å². The molecular formula is C20H28O2. The number of carbonyl (C=O) groups excluding carboxylic acids is 1. The quantitative estimate of drug-likeness (QED) is 0.559. The molecule has 2 rings (SSSR count). The van der Waals surface area contributed by atoms with Crippen molar-refractivity contribution in [2.24, 2.45) is 17.3 Å². The summed E-state index contributed by atoms with van der Waals surface area (Å²) in [6.45, 7) is 9.05. The number of hydrogen-bond donors (Lipinski definition) is 0. The van der Waals surface area contributed by atoms with E-state index in [1.165, 1.54) is 0 Å². The number of rotatable bonds is 5. The zero-order valence-corrected chi connectivity index (χ0v) is 14.2. The summed E-state index contributed by atoms with van der Waals surface area (Å²) in [6, 6.07) is 9.84. The van der Waals surface area contributed by atoms with E-state index >= 15 is 0 Å². The molecule has 2 heteroatoms. The molecule has 22 heavy (non-hydrogen) atoms. The van der Waals surface area contributed by atoms with Crippen LogP contribution in [-0.4, -0.2) is 12.1 Å². The van der Waals surface area contributed by atoms with Crippen LogP contribution in [0.1, 0.15) is 52.5 Å². The second kappa shape index (κ2) is 7.13. The molecule has 1 fully saturated rings. The largest absolute Gasteiger partial charge is 0.459 e. The second-order valence-corrected chi connectivity index (χ2v) is 6.93. The SMILES string of the molecule is CCCC1(C)C(OC(=O)/C=C/c2ccccc2)CC(C)C1C. The van der Waals surface area contributed by atoms with E-state index in [1.807, 2.05) is 36.4 Å². The fraction of sp³-hybridized carbons (Fsp3) is 0.550. The normalized spacial score (nSPS) is 31.5. The van der Waals surface area contributed by atoms with E-state index in [0.29, 0.717) is 11.8 Å². The van der Waals surface area contributed by atoms with Crippen LogP contribution in [0.15, 0.2) is 36.4 Å². The first-order valence-corrected chi connectivity index (χ1v) is 8.41. The topological polar surface area (TPSA) is 26.3 Å². The zero-order valence-electron chi connectivity index (χ0n) is 14.2. The highest BCUT2D eigenvalue weighted by atomic mass is 16.5. The molecule has 0 aliphatic heterocycles. The molecule has 0 saturated heterocycles. The number of ether oxygens (including phenoxy) is 1. The van der Waals surface area contributed by atoms with Crippen LogP contribution in [0, 0.1) is 17.3 Å². The van der Waals surface area contributed by atoms with Gasteiger partial charge in [0.2, 0.25) is 0 Å². The molecule has 2 nitrogen and oxygen atoms in total. The summed E-state index contributed by atoms with van der Waals surface area (Å²) in [5.41, 5.74) is 1.12. The number of esters is 1. The van der Waals surface area contributed by atoms with Gasteiger partial charge in [-0.15, -0.1) is 0 Å². The van der Waals surface area contributed by atoms with Crippen LogP contribution in [0.5, 0.6) is 0 Å². The Kier molecular flexibility index (Phi) is 5.44. The maximum Gasteiger partial charge on any atom is 0.331 e. The Hall–Kier alpha value is -1.57. The van der Waals surface area contributed by atoms with Crippen molar-refractivity contribution in [3.63, 3.8) is 0 Å². The fourth-order valence-electron chi connectivity index (χ4n) is 3.77. The summed E-state index contributed by atoms with van der Waals surface area (Å²) in [5, 5.41) is 0. The standard InChI is InChI=1S/C20H28O2/c1-5-13-20(4)16(3)15(2)14-18(20)22-19(21)12-11-17-9-7-6-8-10-17/h6-12,15-16,18H,5,13-14H2,1-4H3/b12-11+. The van der Waals surface area contributed by atoms with E-state index in [-0.39, 0.29) is 17.5 Å². The first kappa shape index (κ1) is 16.8. The van der Waals surface area contributed by atoms with Gasteiger partial charge in [-0.05, 0) is 36.3 Å². The van der Waals surface area contributed by atoms with Crippen molar-refractivity contribution in [1.29, 1.82) is 0 Å². The third-order valence-corrected chi connectivity index (χ3v) is 5.47. The zero-order chi connectivity index (χ0) is 16.2. The minimum Gasteiger partial charge on any atom is -0.459 e. The lowest BCUT2D eigenvalue weighted by Crippen LogP contribution is -2.35. The Bertz CT molecular complexity index is 520. The molecular weight excluding hydrogens is 272 g/mol. The van der Waals surface area contributed by atoms with E-state index in [0.717, 1.165) is 24.8 Å². The molecule has 0 amide bonds. The van der Waals surface area contributed by atoms with Crippen LogP contribution in [-0.2, 0) is 9.53 Å². The molecule has 1 saturated carbocycles. The van der Waals surface area contributed by atoms with Crippen molar-refractivity contribution in [2.45, 2.75) is 53.1 Å². The summed E-state index contributed by atoms with van der Waals surface area (Å²) in [6.07, 6.45) is 6.62. The average molecular weight is 300 g/mol. The van der Waals surface area contributed by atoms with Crippen LogP contribution >= 0.6 is 0 Å². The minimum atomic E-state index is -0.225. The van der Waals surface area contributed by atoms with E-state index in [9.17, 15) is 4.79 Å². The molecule has 0 aromatic heterocycles. The Morgan fingerprint density at radius 2 is 2.00 bits per heavy atom. The minimum absolute atomic E-state index is 0.0328. The molecule has 1 aliphatic carbocycles. The monoisotopic (exact) mass is 300 g/mol. The molecule has 4 atom stereocenters. The Morgan fingerprint density at radius 3 is 2.64 bits per heavy atom. The van der Waals surface area contributed by atoms with Gasteiger partial charge in [-0.25, -0.2) is 4.79 Å². The predicted octanol–water partition coefficient (Wildman–Crippen LogP) is 5.09. The van der Waals surface area contributed by atoms with Crippen molar-refractivity contribution >= 4 is 12.0 Å².